The normalized spacial score (nSPS) is 14.1. The van der Waals surface area contributed by atoms with Crippen molar-refractivity contribution in [1.29, 1.82) is 0 Å². The van der Waals surface area contributed by atoms with Gasteiger partial charge in [0, 0.05) is 12.6 Å². The maximum atomic E-state index is 4.77. The Morgan fingerprint density at radius 2 is 1.78 bits per heavy atom. The molecular formula is C18H33IN4. The lowest BCUT2D eigenvalue weighted by Crippen LogP contribution is -2.42. The van der Waals surface area contributed by atoms with E-state index in [1.165, 1.54) is 11.1 Å². The Bertz CT molecular complexity index is 457. The van der Waals surface area contributed by atoms with Crippen molar-refractivity contribution in [3.05, 3.63) is 35.4 Å². The standard InChI is InChI=1S/C18H32N4.HI/c1-7-15(4)21-18(19-8-2)20-13-17(22(5)6)16-11-9-14(3)10-12-16;/h9-12,15,17H,7-8,13H2,1-6H3,(H2,19,20,21);1H. The molecule has 4 nitrogen and oxygen atoms in total. The van der Waals surface area contributed by atoms with E-state index in [0.29, 0.717) is 6.04 Å². The van der Waals surface area contributed by atoms with E-state index < -0.39 is 0 Å². The molecule has 2 N–H and O–H groups in total. The Labute approximate surface area is 159 Å². The number of rotatable bonds is 7. The minimum Gasteiger partial charge on any atom is -0.357 e. The van der Waals surface area contributed by atoms with Gasteiger partial charge in [-0.15, -0.1) is 24.0 Å². The van der Waals surface area contributed by atoms with Gasteiger partial charge in [0.05, 0.1) is 12.6 Å². The van der Waals surface area contributed by atoms with Gasteiger partial charge in [-0.1, -0.05) is 36.8 Å². The summed E-state index contributed by atoms with van der Waals surface area (Å²) >= 11 is 0. The quantitative estimate of drug-likeness (QED) is 0.393. The molecule has 132 valence electrons. The van der Waals surface area contributed by atoms with Crippen LogP contribution in [0.3, 0.4) is 0 Å². The minimum absolute atomic E-state index is 0. The molecule has 0 bridgehead atoms. The number of halogens is 1. The molecule has 0 saturated carbocycles. The SMILES string of the molecule is CCNC(=NCC(c1ccc(C)cc1)N(C)C)NC(C)CC.I. The zero-order chi connectivity index (χ0) is 16.5. The molecule has 5 heteroatoms. The van der Waals surface area contributed by atoms with E-state index in [1.807, 2.05) is 0 Å². The number of guanidine groups is 1. The highest BCUT2D eigenvalue weighted by atomic mass is 127. The summed E-state index contributed by atoms with van der Waals surface area (Å²) in [5.74, 6) is 0.899. The van der Waals surface area contributed by atoms with Crippen LogP contribution in [0.2, 0.25) is 0 Å². The molecule has 1 aromatic rings. The van der Waals surface area contributed by atoms with Crippen LogP contribution in [0.4, 0.5) is 0 Å². The van der Waals surface area contributed by atoms with Gasteiger partial charge in [-0.25, -0.2) is 0 Å². The van der Waals surface area contributed by atoms with Crippen molar-refractivity contribution in [1.82, 2.24) is 15.5 Å². The summed E-state index contributed by atoms with van der Waals surface area (Å²) in [6.45, 7) is 10.2. The summed E-state index contributed by atoms with van der Waals surface area (Å²) < 4.78 is 0. The van der Waals surface area contributed by atoms with Gasteiger partial charge in [-0.2, -0.15) is 0 Å². The predicted octanol–water partition coefficient (Wildman–Crippen LogP) is 3.57. The summed E-state index contributed by atoms with van der Waals surface area (Å²) in [5.41, 5.74) is 2.59. The Hall–Kier alpha value is -0.820. The first-order valence-corrected chi connectivity index (χ1v) is 8.25. The van der Waals surface area contributed by atoms with E-state index >= 15 is 0 Å². The molecule has 2 atom stereocenters. The number of likely N-dealkylation sites (N-methyl/N-ethyl adjacent to an activating group) is 1. The molecule has 1 rings (SSSR count). The van der Waals surface area contributed by atoms with Gasteiger partial charge in [0.2, 0.25) is 0 Å². The fourth-order valence-electron chi connectivity index (χ4n) is 2.19. The molecule has 2 unspecified atom stereocenters. The molecule has 0 spiro atoms. The van der Waals surface area contributed by atoms with E-state index in [2.05, 4.69) is 81.6 Å². The Kier molecular flexibility index (Phi) is 11.3. The van der Waals surface area contributed by atoms with Gasteiger partial charge < -0.3 is 15.5 Å². The van der Waals surface area contributed by atoms with Crippen molar-refractivity contribution < 1.29 is 0 Å². The van der Waals surface area contributed by atoms with Crippen molar-refractivity contribution >= 4 is 29.9 Å². The Morgan fingerprint density at radius 1 is 1.17 bits per heavy atom. The lowest BCUT2D eigenvalue weighted by molar-refractivity contribution is 0.306. The highest BCUT2D eigenvalue weighted by molar-refractivity contribution is 14.0. The van der Waals surface area contributed by atoms with Gasteiger partial charge in [-0.05, 0) is 46.9 Å². The summed E-state index contributed by atoms with van der Waals surface area (Å²) in [4.78, 5) is 7.00. The molecule has 0 aliphatic carbocycles. The van der Waals surface area contributed by atoms with Crippen molar-refractivity contribution in [2.45, 2.75) is 46.2 Å². The Morgan fingerprint density at radius 3 is 2.26 bits per heavy atom. The number of aliphatic imine (C=N–C) groups is 1. The fourth-order valence-corrected chi connectivity index (χ4v) is 2.19. The van der Waals surface area contributed by atoms with Crippen LogP contribution in [0.15, 0.2) is 29.3 Å². The molecule has 0 heterocycles. The van der Waals surface area contributed by atoms with Crippen LogP contribution >= 0.6 is 24.0 Å². The van der Waals surface area contributed by atoms with Gasteiger partial charge >= 0.3 is 0 Å². The van der Waals surface area contributed by atoms with E-state index in [4.69, 9.17) is 4.99 Å². The van der Waals surface area contributed by atoms with E-state index in [1.54, 1.807) is 0 Å². The van der Waals surface area contributed by atoms with Crippen LogP contribution in [0.25, 0.3) is 0 Å². The second-order valence-corrected chi connectivity index (χ2v) is 6.06. The zero-order valence-electron chi connectivity index (χ0n) is 15.4. The highest BCUT2D eigenvalue weighted by Gasteiger charge is 2.14. The number of nitrogens with zero attached hydrogens (tertiary/aromatic N) is 2. The van der Waals surface area contributed by atoms with Crippen molar-refractivity contribution in [2.75, 3.05) is 27.2 Å². The monoisotopic (exact) mass is 432 g/mol. The lowest BCUT2D eigenvalue weighted by Gasteiger charge is -2.24. The first kappa shape index (κ1) is 22.2. The zero-order valence-corrected chi connectivity index (χ0v) is 17.7. The smallest absolute Gasteiger partial charge is 0.191 e. The maximum Gasteiger partial charge on any atom is 0.191 e. The third kappa shape index (κ3) is 8.01. The average Bonchev–Trinajstić information content (AvgIpc) is 2.48. The van der Waals surface area contributed by atoms with E-state index in [0.717, 1.165) is 25.5 Å². The van der Waals surface area contributed by atoms with Crippen LogP contribution in [0, 0.1) is 6.92 Å². The van der Waals surface area contributed by atoms with Crippen LogP contribution in [-0.2, 0) is 0 Å². The van der Waals surface area contributed by atoms with Gasteiger partial charge in [0.15, 0.2) is 5.96 Å². The highest BCUT2D eigenvalue weighted by Crippen LogP contribution is 2.19. The van der Waals surface area contributed by atoms with E-state index in [-0.39, 0.29) is 30.0 Å². The number of nitrogens with one attached hydrogen (secondary N) is 2. The van der Waals surface area contributed by atoms with Gasteiger partial charge in [0.25, 0.3) is 0 Å². The Balaban J connectivity index is 0.00000484. The second-order valence-electron chi connectivity index (χ2n) is 6.06. The summed E-state index contributed by atoms with van der Waals surface area (Å²) in [7, 11) is 4.21. The molecule has 0 amide bonds. The van der Waals surface area contributed by atoms with Crippen LogP contribution in [0.1, 0.15) is 44.4 Å². The fraction of sp³-hybridized carbons (Fsp3) is 0.611. The van der Waals surface area contributed by atoms with Crippen LogP contribution in [-0.4, -0.2) is 44.1 Å². The summed E-state index contributed by atoms with van der Waals surface area (Å²) in [6.07, 6.45) is 1.08. The molecule has 0 fully saturated rings. The first-order chi connectivity index (χ1) is 10.5. The third-order valence-electron chi connectivity index (χ3n) is 3.85. The largest absolute Gasteiger partial charge is 0.357 e. The first-order valence-electron chi connectivity index (χ1n) is 8.25. The number of aryl methyl sites for hydroxylation is 1. The topological polar surface area (TPSA) is 39.7 Å². The van der Waals surface area contributed by atoms with Crippen molar-refractivity contribution in [3.8, 4) is 0 Å². The van der Waals surface area contributed by atoms with E-state index in [9.17, 15) is 0 Å². The predicted molar refractivity (Wildman–Crippen MR) is 112 cm³/mol. The maximum absolute atomic E-state index is 4.77. The number of hydrogen-bond acceptors (Lipinski definition) is 2. The molecule has 0 radical (unpaired) electrons. The molecule has 0 saturated heterocycles. The van der Waals surface area contributed by atoms with Crippen molar-refractivity contribution in [3.63, 3.8) is 0 Å². The third-order valence-corrected chi connectivity index (χ3v) is 3.85. The number of hydrogen-bond donors (Lipinski definition) is 2. The number of benzene rings is 1. The second kappa shape index (κ2) is 11.7. The van der Waals surface area contributed by atoms with Crippen LogP contribution < -0.4 is 10.6 Å². The van der Waals surface area contributed by atoms with Crippen molar-refractivity contribution in [2.24, 2.45) is 4.99 Å². The average molecular weight is 432 g/mol. The lowest BCUT2D eigenvalue weighted by atomic mass is 10.0. The van der Waals surface area contributed by atoms with Gasteiger partial charge in [0.1, 0.15) is 0 Å². The van der Waals surface area contributed by atoms with Gasteiger partial charge in [-0.3, -0.25) is 4.99 Å². The van der Waals surface area contributed by atoms with Crippen LogP contribution in [0.5, 0.6) is 0 Å². The molecule has 0 aromatic heterocycles. The molecular weight excluding hydrogens is 399 g/mol. The molecule has 23 heavy (non-hydrogen) atoms. The summed E-state index contributed by atoms with van der Waals surface area (Å²) in [5, 5.41) is 6.77. The summed E-state index contributed by atoms with van der Waals surface area (Å²) in [6, 6.07) is 9.44. The molecule has 0 aliphatic heterocycles. The molecule has 0 aliphatic rings. The minimum atomic E-state index is 0. The molecule has 1 aromatic carbocycles.